The molecule has 0 bridgehead atoms. The average molecular weight is 509 g/mol. The molecule has 0 aliphatic carbocycles. The molecule has 1 amide bonds. The van der Waals surface area contributed by atoms with E-state index in [4.69, 9.17) is 4.74 Å². The van der Waals surface area contributed by atoms with Crippen LogP contribution in [0.2, 0.25) is 0 Å². The molecule has 0 saturated heterocycles. The van der Waals surface area contributed by atoms with Crippen molar-refractivity contribution >= 4 is 36.4 Å². The van der Waals surface area contributed by atoms with Gasteiger partial charge in [0.25, 0.3) is 5.91 Å². The average Bonchev–Trinajstić information content (AvgIpc) is 2.78. The molecule has 1 aromatic heterocycles. The van der Waals surface area contributed by atoms with Crippen LogP contribution < -0.4 is 20.7 Å². The van der Waals surface area contributed by atoms with E-state index in [0.29, 0.717) is 17.4 Å². The predicted octanol–water partition coefficient (Wildman–Crippen LogP) is 4.75. The first-order valence-electron chi connectivity index (χ1n) is 10.2. The van der Waals surface area contributed by atoms with E-state index in [0.717, 1.165) is 0 Å². The van der Waals surface area contributed by atoms with Crippen molar-refractivity contribution in [3.8, 4) is 5.75 Å². The maximum absolute atomic E-state index is 13.7. The fourth-order valence-corrected chi connectivity index (χ4v) is 4.07. The maximum Gasteiger partial charge on any atom is 0.421 e. The Bertz CT molecular complexity index is 1280. The van der Waals surface area contributed by atoms with Crippen molar-refractivity contribution in [2.45, 2.75) is 12.3 Å². The number of carbonyl (C=O) groups is 1. The van der Waals surface area contributed by atoms with Gasteiger partial charge in [-0.2, -0.15) is 18.2 Å². The number of benzene rings is 2. The fourth-order valence-electron chi connectivity index (χ4n) is 3.19. The molecule has 0 radical (unpaired) electrons. The number of methoxy groups -OCH3 is 1. The van der Waals surface area contributed by atoms with Crippen molar-refractivity contribution in [3.63, 3.8) is 0 Å². The number of aromatic nitrogens is 2. The summed E-state index contributed by atoms with van der Waals surface area (Å²) in [5.41, 5.74) is 0.0000731. The summed E-state index contributed by atoms with van der Waals surface area (Å²) in [6.07, 6.45) is -4.21. The van der Waals surface area contributed by atoms with Crippen LogP contribution in [0.4, 0.5) is 36.3 Å². The van der Waals surface area contributed by atoms with Crippen molar-refractivity contribution in [2.24, 2.45) is 0 Å². The van der Waals surface area contributed by atoms with Gasteiger partial charge in [0.1, 0.15) is 17.1 Å². The Labute approximate surface area is 199 Å². The molecule has 1 unspecified atom stereocenters. The number of ether oxygens (including phenoxy) is 1. The second-order valence-electron chi connectivity index (χ2n) is 7.57. The lowest BCUT2D eigenvalue weighted by Gasteiger charge is -2.17. The van der Waals surface area contributed by atoms with Gasteiger partial charge in [-0.15, -0.1) is 0 Å². The SMILES string of the molecule is CNC(=O)c1ccccc1Nc1nc(Nc2ccc(CP(C)(=O)O)cc2OC)ncc1C(F)(F)F. The molecule has 9 nitrogen and oxygen atoms in total. The van der Waals surface area contributed by atoms with Crippen LogP contribution in [-0.4, -0.2) is 41.6 Å². The fraction of sp³-hybridized carbons (Fsp3) is 0.227. The molecule has 1 atom stereocenters. The van der Waals surface area contributed by atoms with E-state index >= 15 is 0 Å². The number of hydrogen-bond acceptors (Lipinski definition) is 7. The monoisotopic (exact) mass is 509 g/mol. The van der Waals surface area contributed by atoms with Crippen molar-refractivity contribution < 1.29 is 32.2 Å². The number of amides is 1. The highest BCUT2D eigenvalue weighted by Crippen LogP contribution is 2.41. The molecular formula is C22H23F3N5O4P. The molecule has 0 aliphatic rings. The summed E-state index contributed by atoms with van der Waals surface area (Å²) < 4.78 is 58.0. The standard InChI is InChI=1S/C22H23F3N5O4P/c1-26-20(31)14-6-4-5-7-16(14)28-19-15(22(23,24)25)11-27-21(30-19)29-17-9-8-13(10-18(17)34-2)12-35(3,32)33/h4-11H,12H2,1-3H3,(H,26,31)(H,32,33)(H2,27,28,29,30). The van der Waals surface area contributed by atoms with Crippen LogP contribution >= 0.6 is 7.37 Å². The first-order valence-corrected chi connectivity index (χ1v) is 12.5. The Morgan fingerprint density at radius 1 is 1.14 bits per heavy atom. The van der Waals surface area contributed by atoms with Gasteiger partial charge in [0.2, 0.25) is 13.3 Å². The highest BCUT2D eigenvalue weighted by Gasteiger charge is 2.35. The molecule has 3 rings (SSSR count). The largest absolute Gasteiger partial charge is 0.495 e. The van der Waals surface area contributed by atoms with Crippen LogP contribution in [-0.2, 0) is 16.9 Å². The van der Waals surface area contributed by atoms with Gasteiger partial charge in [0.05, 0.1) is 24.0 Å². The first kappa shape index (κ1) is 26.0. The number of hydrogen-bond donors (Lipinski definition) is 4. The zero-order valence-corrected chi connectivity index (χ0v) is 19.9. The van der Waals surface area contributed by atoms with E-state index in [2.05, 4.69) is 25.9 Å². The van der Waals surface area contributed by atoms with E-state index in [1.54, 1.807) is 24.3 Å². The second-order valence-corrected chi connectivity index (χ2v) is 9.99. The Kier molecular flexibility index (Phi) is 7.67. The third-order valence-electron chi connectivity index (χ3n) is 4.73. The summed E-state index contributed by atoms with van der Waals surface area (Å²) in [7, 11) is -0.530. The number of anilines is 4. The quantitative estimate of drug-likeness (QED) is 0.321. The van der Waals surface area contributed by atoms with E-state index in [9.17, 15) is 27.4 Å². The molecular weight excluding hydrogens is 486 g/mol. The normalized spacial score (nSPS) is 13.0. The Morgan fingerprint density at radius 3 is 2.49 bits per heavy atom. The van der Waals surface area contributed by atoms with Gasteiger partial charge >= 0.3 is 6.18 Å². The van der Waals surface area contributed by atoms with Gasteiger partial charge < -0.3 is 25.6 Å². The lowest BCUT2D eigenvalue weighted by Crippen LogP contribution is -2.20. The van der Waals surface area contributed by atoms with Gasteiger partial charge in [-0.05, 0) is 29.8 Å². The van der Waals surface area contributed by atoms with Gasteiger partial charge in [-0.3, -0.25) is 9.36 Å². The number of nitrogens with one attached hydrogen (secondary N) is 3. The molecule has 0 saturated carbocycles. The van der Waals surface area contributed by atoms with Crippen molar-refractivity contribution in [1.29, 1.82) is 0 Å². The number of carbonyl (C=O) groups excluding carboxylic acids is 1. The third-order valence-corrected chi connectivity index (χ3v) is 5.69. The van der Waals surface area contributed by atoms with Gasteiger partial charge in [-0.1, -0.05) is 18.2 Å². The van der Waals surface area contributed by atoms with Crippen molar-refractivity contribution in [1.82, 2.24) is 15.3 Å². The van der Waals surface area contributed by atoms with Crippen LogP contribution in [0, 0.1) is 0 Å². The van der Waals surface area contributed by atoms with Crippen LogP contribution in [0.25, 0.3) is 0 Å². The Morgan fingerprint density at radius 2 is 1.86 bits per heavy atom. The summed E-state index contributed by atoms with van der Waals surface area (Å²) in [6.45, 7) is 1.23. The lowest BCUT2D eigenvalue weighted by atomic mass is 10.1. The minimum Gasteiger partial charge on any atom is -0.495 e. The molecule has 4 N–H and O–H groups in total. The first-order chi connectivity index (χ1) is 16.4. The summed E-state index contributed by atoms with van der Waals surface area (Å²) in [5.74, 6) is -0.946. The minimum atomic E-state index is -4.76. The van der Waals surface area contributed by atoms with Gasteiger partial charge in [0.15, 0.2) is 0 Å². The van der Waals surface area contributed by atoms with Crippen molar-refractivity contribution in [3.05, 3.63) is 65.4 Å². The van der Waals surface area contributed by atoms with E-state index in [-0.39, 0.29) is 29.1 Å². The van der Waals surface area contributed by atoms with Crippen LogP contribution in [0.15, 0.2) is 48.7 Å². The van der Waals surface area contributed by atoms with Crippen LogP contribution in [0.1, 0.15) is 21.5 Å². The Balaban J connectivity index is 1.99. The highest BCUT2D eigenvalue weighted by molar-refractivity contribution is 7.56. The molecule has 35 heavy (non-hydrogen) atoms. The van der Waals surface area contributed by atoms with E-state index in [1.807, 2.05) is 0 Å². The highest BCUT2D eigenvalue weighted by atomic mass is 31.2. The molecule has 2 aromatic carbocycles. The zero-order valence-electron chi connectivity index (χ0n) is 19.0. The summed E-state index contributed by atoms with van der Waals surface area (Å²) >= 11 is 0. The topological polar surface area (TPSA) is 125 Å². The van der Waals surface area contributed by atoms with Crippen LogP contribution in [0.3, 0.4) is 0 Å². The molecule has 3 aromatic rings. The molecule has 0 fully saturated rings. The zero-order chi connectivity index (χ0) is 25.8. The number of nitrogens with zero attached hydrogens (tertiary/aromatic N) is 2. The lowest BCUT2D eigenvalue weighted by molar-refractivity contribution is -0.137. The van der Waals surface area contributed by atoms with E-state index < -0.39 is 30.8 Å². The second kappa shape index (κ2) is 10.3. The molecule has 0 aliphatic heterocycles. The predicted molar refractivity (Wildman–Crippen MR) is 126 cm³/mol. The maximum atomic E-state index is 13.7. The number of halogens is 3. The van der Waals surface area contributed by atoms with Crippen LogP contribution in [0.5, 0.6) is 5.75 Å². The molecule has 186 valence electrons. The third kappa shape index (κ3) is 6.71. The smallest absolute Gasteiger partial charge is 0.421 e. The van der Waals surface area contributed by atoms with Crippen molar-refractivity contribution in [2.75, 3.05) is 31.5 Å². The van der Waals surface area contributed by atoms with Gasteiger partial charge in [0, 0.05) is 26.1 Å². The minimum absolute atomic E-state index is 0.0702. The van der Waals surface area contributed by atoms with E-state index in [1.165, 1.54) is 39.0 Å². The molecule has 13 heteroatoms. The Hall–Kier alpha value is -3.63. The summed E-state index contributed by atoms with van der Waals surface area (Å²) in [4.78, 5) is 29.5. The number of alkyl halides is 3. The molecule has 0 spiro atoms. The number of rotatable bonds is 8. The van der Waals surface area contributed by atoms with Gasteiger partial charge in [-0.25, -0.2) is 4.98 Å². The summed E-state index contributed by atoms with van der Waals surface area (Å²) in [6, 6.07) is 10.7. The molecule has 1 heterocycles. The number of para-hydroxylation sites is 1. The summed E-state index contributed by atoms with van der Waals surface area (Å²) in [5, 5.41) is 7.83.